The van der Waals surface area contributed by atoms with Crippen LogP contribution in [0.3, 0.4) is 0 Å². The number of rotatable bonds is 8. The Labute approximate surface area is 154 Å². The third-order valence-corrected chi connectivity index (χ3v) is 5.81. The number of nitrogens with one attached hydrogen (secondary N) is 1. The summed E-state index contributed by atoms with van der Waals surface area (Å²) in [6.07, 6.45) is 0.0531. The van der Waals surface area contributed by atoms with Crippen LogP contribution in [0.2, 0.25) is 0 Å². The molecule has 1 fully saturated rings. The van der Waals surface area contributed by atoms with Gasteiger partial charge in [-0.2, -0.15) is 0 Å². The number of benzene rings is 1. The van der Waals surface area contributed by atoms with E-state index in [0.717, 1.165) is 11.3 Å². The van der Waals surface area contributed by atoms with Crippen LogP contribution in [0.1, 0.15) is 31.7 Å². The van der Waals surface area contributed by atoms with E-state index in [1.165, 1.54) is 6.92 Å². The monoisotopic (exact) mass is 383 g/mol. The number of sulfone groups is 1. The van der Waals surface area contributed by atoms with E-state index < -0.39 is 33.9 Å². The average molecular weight is 383 g/mol. The Morgan fingerprint density at radius 1 is 1.35 bits per heavy atom. The number of hydrogen-bond donors (Lipinski definition) is 1. The topological polar surface area (TPSA) is 98.8 Å². The molecule has 2 atom stereocenters. The number of ether oxygens (including phenoxy) is 2. The summed E-state index contributed by atoms with van der Waals surface area (Å²) in [6.45, 7) is 3.82. The van der Waals surface area contributed by atoms with Crippen LogP contribution < -0.4 is 10.1 Å². The summed E-state index contributed by atoms with van der Waals surface area (Å²) in [7, 11) is -3.07. The highest BCUT2D eigenvalue weighted by molar-refractivity contribution is 7.91. The first-order chi connectivity index (χ1) is 12.2. The second-order valence-electron chi connectivity index (χ2n) is 6.51. The molecule has 1 amide bonds. The Morgan fingerprint density at radius 2 is 2.12 bits per heavy atom. The molecule has 1 N–H and O–H groups in total. The van der Waals surface area contributed by atoms with Gasteiger partial charge >= 0.3 is 5.97 Å². The van der Waals surface area contributed by atoms with E-state index in [9.17, 15) is 18.0 Å². The lowest BCUT2D eigenvalue weighted by Crippen LogP contribution is -2.42. The van der Waals surface area contributed by atoms with Gasteiger partial charge in [0, 0.05) is 12.5 Å². The van der Waals surface area contributed by atoms with Gasteiger partial charge in [-0.3, -0.25) is 9.59 Å². The van der Waals surface area contributed by atoms with Crippen LogP contribution in [0, 0.1) is 6.92 Å². The summed E-state index contributed by atoms with van der Waals surface area (Å²) >= 11 is 0. The minimum atomic E-state index is -3.07. The number of carbonyl (C=O) groups is 2. The number of esters is 1. The molecule has 0 bridgehead atoms. The molecule has 0 unspecified atom stereocenters. The third-order valence-electron chi connectivity index (χ3n) is 4.04. The van der Waals surface area contributed by atoms with Crippen molar-refractivity contribution < 1.29 is 27.5 Å². The molecular weight excluding hydrogens is 358 g/mol. The Bertz CT molecular complexity index is 746. The van der Waals surface area contributed by atoms with Crippen LogP contribution in [-0.4, -0.2) is 50.6 Å². The molecule has 0 saturated carbocycles. The third kappa shape index (κ3) is 6.67. The van der Waals surface area contributed by atoms with Crippen molar-refractivity contribution >= 4 is 21.7 Å². The van der Waals surface area contributed by atoms with Gasteiger partial charge in [-0.15, -0.1) is 0 Å². The van der Waals surface area contributed by atoms with E-state index in [2.05, 4.69) is 5.32 Å². The maximum Gasteiger partial charge on any atom is 0.306 e. The van der Waals surface area contributed by atoms with Crippen LogP contribution >= 0.6 is 0 Å². The summed E-state index contributed by atoms with van der Waals surface area (Å²) in [6, 6.07) is 7.22. The second kappa shape index (κ2) is 9.02. The van der Waals surface area contributed by atoms with Crippen molar-refractivity contribution in [1.29, 1.82) is 0 Å². The van der Waals surface area contributed by atoms with Gasteiger partial charge < -0.3 is 14.8 Å². The van der Waals surface area contributed by atoms with Gasteiger partial charge in [-0.1, -0.05) is 12.1 Å². The molecule has 7 nitrogen and oxygen atoms in total. The molecule has 0 radical (unpaired) electrons. The fourth-order valence-electron chi connectivity index (χ4n) is 2.65. The molecule has 1 aromatic rings. The molecule has 0 spiro atoms. The molecule has 0 aromatic heterocycles. The Morgan fingerprint density at radius 3 is 2.77 bits per heavy atom. The molecule has 8 heteroatoms. The lowest BCUT2D eigenvalue weighted by atomic mass is 10.2. The fraction of sp³-hybridized carbons (Fsp3) is 0.556. The van der Waals surface area contributed by atoms with Gasteiger partial charge in [0.2, 0.25) is 0 Å². The van der Waals surface area contributed by atoms with Crippen LogP contribution in [0.15, 0.2) is 24.3 Å². The van der Waals surface area contributed by atoms with Crippen molar-refractivity contribution in [1.82, 2.24) is 5.32 Å². The molecule has 26 heavy (non-hydrogen) atoms. The van der Waals surface area contributed by atoms with Crippen molar-refractivity contribution in [2.45, 2.75) is 45.3 Å². The summed E-state index contributed by atoms with van der Waals surface area (Å²) in [5.74, 6) is -0.198. The van der Waals surface area contributed by atoms with E-state index in [0.29, 0.717) is 19.4 Å². The van der Waals surface area contributed by atoms with Gasteiger partial charge in [0.25, 0.3) is 5.91 Å². The first kappa shape index (κ1) is 20.2. The lowest BCUT2D eigenvalue weighted by molar-refractivity contribution is -0.155. The highest BCUT2D eigenvalue weighted by Crippen LogP contribution is 2.13. The van der Waals surface area contributed by atoms with Crippen molar-refractivity contribution in [3.05, 3.63) is 29.8 Å². The zero-order chi connectivity index (χ0) is 19.2. The number of amides is 1. The van der Waals surface area contributed by atoms with Gasteiger partial charge in [0.1, 0.15) is 5.75 Å². The van der Waals surface area contributed by atoms with Crippen molar-refractivity contribution in [2.24, 2.45) is 0 Å². The number of carbonyl (C=O) groups excluding carboxylic acids is 2. The Hall–Kier alpha value is -2.09. The molecule has 0 aliphatic carbocycles. The summed E-state index contributed by atoms with van der Waals surface area (Å²) < 4.78 is 33.4. The quantitative estimate of drug-likeness (QED) is 0.538. The van der Waals surface area contributed by atoms with E-state index >= 15 is 0 Å². The van der Waals surface area contributed by atoms with Gasteiger partial charge in [-0.05, 0) is 44.4 Å². The first-order valence-corrected chi connectivity index (χ1v) is 10.5. The minimum absolute atomic E-state index is 0.0598. The summed E-state index contributed by atoms with van der Waals surface area (Å²) in [4.78, 5) is 23.8. The molecule has 1 heterocycles. The zero-order valence-corrected chi connectivity index (χ0v) is 15.9. The van der Waals surface area contributed by atoms with Crippen LogP contribution in [0.5, 0.6) is 5.75 Å². The standard InChI is InChI=1S/C18H25NO6S/c1-13-5-3-6-16(11-13)24-9-4-7-17(20)25-14(2)18(21)19-15-8-10-26(22,23)12-15/h3,5-6,11,14-15H,4,7-10,12H2,1-2H3,(H,19,21)/t14-,15-/m0/s1. The van der Waals surface area contributed by atoms with E-state index in [1.54, 1.807) is 0 Å². The normalized spacial score (nSPS) is 19.5. The molecule has 144 valence electrons. The average Bonchev–Trinajstić information content (AvgIpc) is 2.90. The van der Waals surface area contributed by atoms with Crippen molar-refractivity contribution in [3.63, 3.8) is 0 Å². The van der Waals surface area contributed by atoms with Gasteiger partial charge in [-0.25, -0.2) is 8.42 Å². The number of hydrogen-bond acceptors (Lipinski definition) is 6. The maximum absolute atomic E-state index is 12.0. The SMILES string of the molecule is Cc1cccc(OCCCC(=O)O[C@@H](C)C(=O)N[C@H]2CCS(=O)(=O)C2)c1. The van der Waals surface area contributed by atoms with Crippen LogP contribution in [0.4, 0.5) is 0 Å². The van der Waals surface area contributed by atoms with Crippen molar-refractivity contribution in [2.75, 3.05) is 18.1 Å². The van der Waals surface area contributed by atoms with Gasteiger partial charge in [0.15, 0.2) is 15.9 Å². The summed E-state index contributed by atoms with van der Waals surface area (Å²) in [5, 5.41) is 2.61. The largest absolute Gasteiger partial charge is 0.494 e. The fourth-order valence-corrected chi connectivity index (χ4v) is 4.32. The molecule has 1 saturated heterocycles. The van der Waals surface area contributed by atoms with E-state index in [1.807, 2.05) is 31.2 Å². The second-order valence-corrected chi connectivity index (χ2v) is 8.74. The molecular formula is C18H25NO6S. The Kier molecular flexibility index (Phi) is 7.02. The smallest absolute Gasteiger partial charge is 0.306 e. The van der Waals surface area contributed by atoms with Crippen LogP contribution in [-0.2, 0) is 24.2 Å². The zero-order valence-electron chi connectivity index (χ0n) is 15.1. The summed E-state index contributed by atoms with van der Waals surface area (Å²) in [5.41, 5.74) is 1.09. The minimum Gasteiger partial charge on any atom is -0.494 e. The predicted molar refractivity (Wildman–Crippen MR) is 96.7 cm³/mol. The van der Waals surface area contributed by atoms with E-state index in [4.69, 9.17) is 9.47 Å². The maximum atomic E-state index is 12.0. The highest BCUT2D eigenvalue weighted by atomic mass is 32.2. The van der Waals surface area contributed by atoms with Crippen molar-refractivity contribution in [3.8, 4) is 5.75 Å². The van der Waals surface area contributed by atoms with E-state index in [-0.39, 0.29) is 17.9 Å². The molecule has 1 aromatic carbocycles. The molecule has 2 rings (SSSR count). The lowest BCUT2D eigenvalue weighted by Gasteiger charge is -2.16. The molecule has 1 aliphatic rings. The first-order valence-electron chi connectivity index (χ1n) is 8.65. The molecule has 1 aliphatic heterocycles. The van der Waals surface area contributed by atoms with Gasteiger partial charge in [0.05, 0.1) is 18.1 Å². The van der Waals surface area contributed by atoms with Crippen LogP contribution in [0.25, 0.3) is 0 Å². The highest BCUT2D eigenvalue weighted by Gasteiger charge is 2.30. The Balaban J connectivity index is 1.64. The number of aryl methyl sites for hydroxylation is 1. The predicted octanol–water partition coefficient (Wildman–Crippen LogP) is 1.39.